The summed E-state index contributed by atoms with van der Waals surface area (Å²) in [6.45, 7) is 1.88. The van der Waals surface area contributed by atoms with E-state index in [1.54, 1.807) is 0 Å². The lowest BCUT2D eigenvalue weighted by Crippen LogP contribution is -2.20. The van der Waals surface area contributed by atoms with Crippen LogP contribution < -0.4 is 16.2 Å². The highest BCUT2D eigenvalue weighted by Gasteiger charge is 2.14. The fraction of sp³-hybridized carbons (Fsp3) is 0.400. The van der Waals surface area contributed by atoms with Gasteiger partial charge in [-0.15, -0.1) is 0 Å². The summed E-state index contributed by atoms with van der Waals surface area (Å²) in [6.07, 6.45) is 1.16. The van der Waals surface area contributed by atoms with Crippen LogP contribution in [0.1, 0.15) is 11.1 Å². The highest BCUT2D eigenvalue weighted by molar-refractivity contribution is 5.58. The molecule has 70 valence electrons. The molecule has 0 radical (unpaired) electrons. The van der Waals surface area contributed by atoms with Gasteiger partial charge in [-0.3, -0.25) is 11.3 Å². The van der Waals surface area contributed by atoms with Crippen molar-refractivity contribution in [1.29, 1.82) is 0 Å². The van der Waals surface area contributed by atoms with Gasteiger partial charge in [0.15, 0.2) is 0 Å². The Kier molecular flexibility index (Phi) is 2.20. The van der Waals surface area contributed by atoms with Crippen LogP contribution in [-0.4, -0.2) is 13.6 Å². The number of rotatable bonds is 2. The molecular formula is C10H15N3. The van der Waals surface area contributed by atoms with Crippen molar-refractivity contribution in [1.82, 2.24) is 5.43 Å². The van der Waals surface area contributed by atoms with Crippen LogP contribution in [0.3, 0.4) is 0 Å². The Hall–Kier alpha value is -1.06. The minimum atomic E-state index is 0.747. The molecule has 13 heavy (non-hydrogen) atoms. The van der Waals surface area contributed by atoms with Gasteiger partial charge in [0.25, 0.3) is 0 Å². The summed E-state index contributed by atoms with van der Waals surface area (Å²) >= 11 is 0. The molecule has 3 N–H and O–H groups in total. The van der Waals surface area contributed by atoms with E-state index >= 15 is 0 Å². The van der Waals surface area contributed by atoms with Crippen molar-refractivity contribution in [3.63, 3.8) is 0 Å². The topological polar surface area (TPSA) is 41.3 Å². The summed E-state index contributed by atoms with van der Waals surface area (Å²) in [5.41, 5.74) is 6.74. The van der Waals surface area contributed by atoms with Gasteiger partial charge in [0.05, 0.1) is 0 Å². The van der Waals surface area contributed by atoms with Crippen LogP contribution in [-0.2, 0) is 13.0 Å². The number of nitrogens with two attached hydrogens (primary N) is 1. The molecule has 0 atom stereocenters. The number of nitrogens with one attached hydrogen (secondary N) is 1. The number of hydrogen-bond acceptors (Lipinski definition) is 3. The highest BCUT2D eigenvalue weighted by Crippen LogP contribution is 2.27. The Morgan fingerprint density at radius 1 is 1.54 bits per heavy atom. The average molecular weight is 177 g/mol. The van der Waals surface area contributed by atoms with Crippen molar-refractivity contribution >= 4 is 5.69 Å². The third-order valence-corrected chi connectivity index (χ3v) is 2.58. The molecule has 0 aromatic heterocycles. The largest absolute Gasteiger partial charge is 0.374 e. The zero-order chi connectivity index (χ0) is 9.26. The van der Waals surface area contributed by atoms with E-state index in [-0.39, 0.29) is 0 Å². The van der Waals surface area contributed by atoms with Crippen LogP contribution in [0, 0.1) is 0 Å². The van der Waals surface area contributed by atoms with Crippen LogP contribution in [0.25, 0.3) is 0 Å². The van der Waals surface area contributed by atoms with Crippen molar-refractivity contribution in [2.45, 2.75) is 13.0 Å². The number of hydrazine groups is 1. The average Bonchev–Trinajstić information content (AvgIpc) is 2.48. The van der Waals surface area contributed by atoms with E-state index < -0.39 is 0 Å². The van der Waals surface area contributed by atoms with Gasteiger partial charge < -0.3 is 4.90 Å². The van der Waals surface area contributed by atoms with Gasteiger partial charge in [-0.05, 0) is 23.6 Å². The minimum Gasteiger partial charge on any atom is -0.374 e. The van der Waals surface area contributed by atoms with E-state index in [0.29, 0.717) is 0 Å². The van der Waals surface area contributed by atoms with Crippen LogP contribution in [0.15, 0.2) is 18.2 Å². The van der Waals surface area contributed by atoms with Crippen molar-refractivity contribution < 1.29 is 0 Å². The zero-order valence-electron chi connectivity index (χ0n) is 7.88. The van der Waals surface area contributed by atoms with Crippen molar-refractivity contribution in [3.8, 4) is 0 Å². The lowest BCUT2D eigenvalue weighted by atomic mass is 10.1. The number of fused-ring (bicyclic) bond motifs is 1. The Morgan fingerprint density at radius 2 is 2.38 bits per heavy atom. The fourth-order valence-electron chi connectivity index (χ4n) is 1.85. The lowest BCUT2D eigenvalue weighted by Gasteiger charge is -2.11. The van der Waals surface area contributed by atoms with E-state index in [1.807, 2.05) is 0 Å². The molecule has 0 bridgehead atoms. The zero-order valence-corrected chi connectivity index (χ0v) is 7.88. The van der Waals surface area contributed by atoms with Crippen molar-refractivity contribution in [3.05, 3.63) is 29.3 Å². The number of nitrogens with zero attached hydrogens (tertiary/aromatic N) is 1. The Morgan fingerprint density at radius 3 is 3.15 bits per heavy atom. The van der Waals surface area contributed by atoms with Gasteiger partial charge in [0.2, 0.25) is 0 Å². The minimum absolute atomic E-state index is 0.747. The summed E-state index contributed by atoms with van der Waals surface area (Å²) in [6, 6.07) is 6.54. The fourth-order valence-corrected chi connectivity index (χ4v) is 1.85. The normalized spacial score (nSPS) is 14.8. The highest BCUT2D eigenvalue weighted by atomic mass is 15.2. The van der Waals surface area contributed by atoms with E-state index in [0.717, 1.165) is 19.5 Å². The molecule has 0 unspecified atom stereocenters. The first-order valence-corrected chi connectivity index (χ1v) is 4.57. The monoisotopic (exact) mass is 177 g/mol. The summed E-state index contributed by atoms with van der Waals surface area (Å²) in [5, 5.41) is 0. The first-order chi connectivity index (χ1) is 6.31. The molecule has 1 aliphatic heterocycles. The summed E-state index contributed by atoms with van der Waals surface area (Å²) < 4.78 is 0. The van der Waals surface area contributed by atoms with Gasteiger partial charge in [-0.25, -0.2) is 0 Å². The Labute approximate surface area is 78.5 Å². The SMILES string of the molecule is CN1CCc2cc(CNN)ccc21. The maximum Gasteiger partial charge on any atom is 0.0397 e. The molecule has 2 rings (SSSR count). The van der Waals surface area contributed by atoms with Gasteiger partial charge in [-0.1, -0.05) is 12.1 Å². The maximum absolute atomic E-state index is 5.27. The molecule has 0 aliphatic carbocycles. The van der Waals surface area contributed by atoms with Crippen LogP contribution in [0.2, 0.25) is 0 Å². The molecule has 0 saturated heterocycles. The third kappa shape index (κ3) is 1.53. The number of benzene rings is 1. The molecule has 0 fully saturated rings. The predicted octanol–water partition coefficient (Wildman–Crippen LogP) is 0.642. The van der Waals surface area contributed by atoms with Gasteiger partial charge in [-0.2, -0.15) is 0 Å². The molecule has 0 spiro atoms. The summed E-state index contributed by atoms with van der Waals surface area (Å²) in [5.74, 6) is 5.27. The Balaban J connectivity index is 2.29. The molecule has 0 saturated carbocycles. The second-order valence-electron chi connectivity index (χ2n) is 3.52. The second kappa shape index (κ2) is 3.36. The second-order valence-corrected chi connectivity index (χ2v) is 3.52. The molecular weight excluding hydrogens is 162 g/mol. The van der Waals surface area contributed by atoms with E-state index in [2.05, 4.69) is 35.6 Å². The summed E-state index contributed by atoms with van der Waals surface area (Å²) in [7, 11) is 2.13. The van der Waals surface area contributed by atoms with E-state index in [9.17, 15) is 0 Å². The molecule has 3 nitrogen and oxygen atoms in total. The van der Waals surface area contributed by atoms with E-state index in [1.165, 1.54) is 16.8 Å². The van der Waals surface area contributed by atoms with Gasteiger partial charge in [0.1, 0.15) is 0 Å². The lowest BCUT2D eigenvalue weighted by molar-refractivity contribution is 0.741. The predicted molar refractivity (Wildman–Crippen MR) is 54.4 cm³/mol. The standard InChI is InChI=1S/C10H15N3/c1-13-5-4-9-6-8(7-12-11)2-3-10(9)13/h2-3,6,12H,4-5,7,11H2,1H3. The van der Waals surface area contributed by atoms with Gasteiger partial charge >= 0.3 is 0 Å². The smallest absolute Gasteiger partial charge is 0.0397 e. The molecule has 0 amide bonds. The molecule has 1 heterocycles. The summed E-state index contributed by atoms with van der Waals surface area (Å²) in [4.78, 5) is 2.29. The van der Waals surface area contributed by atoms with Crippen LogP contribution >= 0.6 is 0 Å². The molecule has 1 aromatic rings. The molecule has 1 aliphatic rings. The van der Waals surface area contributed by atoms with Crippen LogP contribution in [0.5, 0.6) is 0 Å². The number of anilines is 1. The maximum atomic E-state index is 5.27. The quantitative estimate of drug-likeness (QED) is 0.514. The van der Waals surface area contributed by atoms with Crippen molar-refractivity contribution in [2.75, 3.05) is 18.5 Å². The number of hydrogen-bond donors (Lipinski definition) is 2. The molecule has 1 aromatic carbocycles. The Bertz CT molecular complexity index is 309. The van der Waals surface area contributed by atoms with Gasteiger partial charge in [0, 0.05) is 25.8 Å². The first kappa shape index (κ1) is 8.53. The van der Waals surface area contributed by atoms with E-state index in [4.69, 9.17) is 5.84 Å². The molecule has 3 heteroatoms. The first-order valence-electron chi connectivity index (χ1n) is 4.57. The van der Waals surface area contributed by atoms with Crippen molar-refractivity contribution in [2.24, 2.45) is 5.84 Å². The number of likely N-dealkylation sites (N-methyl/N-ethyl adjacent to an activating group) is 1. The third-order valence-electron chi connectivity index (χ3n) is 2.58. The van der Waals surface area contributed by atoms with Crippen LogP contribution in [0.4, 0.5) is 5.69 Å².